The summed E-state index contributed by atoms with van der Waals surface area (Å²) in [4.78, 5) is 16.0. The van der Waals surface area contributed by atoms with E-state index >= 15 is 0 Å². The first kappa shape index (κ1) is 24.7. The smallest absolute Gasteiger partial charge is 0.221 e. The minimum absolute atomic E-state index is 0. The molecule has 1 unspecified atom stereocenters. The van der Waals surface area contributed by atoms with Crippen LogP contribution in [0.15, 0.2) is 4.99 Å². The van der Waals surface area contributed by atoms with Gasteiger partial charge in [-0.2, -0.15) is 0 Å². The standard InChI is InChI=1S/C17H36N4O.HI/c1-5-8-9-10-11-15(4)21-17(18-7-3)20-14-12-16(22)19-13-6-2;/h15H,5-14H2,1-4H3,(H,19,22)(H2,18,20,21);1H. The summed E-state index contributed by atoms with van der Waals surface area (Å²) in [6, 6.07) is 0.406. The molecular formula is C17H37IN4O. The fourth-order valence-electron chi connectivity index (χ4n) is 2.12. The molecule has 0 aromatic heterocycles. The zero-order valence-electron chi connectivity index (χ0n) is 15.4. The van der Waals surface area contributed by atoms with Gasteiger partial charge in [0.1, 0.15) is 0 Å². The molecule has 1 atom stereocenters. The Labute approximate surface area is 159 Å². The van der Waals surface area contributed by atoms with Crippen molar-refractivity contribution in [1.29, 1.82) is 0 Å². The first-order chi connectivity index (χ1) is 10.6. The number of hydrogen-bond donors (Lipinski definition) is 3. The van der Waals surface area contributed by atoms with Crippen molar-refractivity contribution in [1.82, 2.24) is 16.0 Å². The molecule has 0 heterocycles. The highest BCUT2D eigenvalue weighted by molar-refractivity contribution is 14.0. The fraction of sp³-hybridized carbons (Fsp3) is 0.882. The highest BCUT2D eigenvalue weighted by Crippen LogP contribution is 2.05. The van der Waals surface area contributed by atoms with Gasteiger partial charge in [-0.3, -0.25) is 9.79 Å². The second-order valence-corrected chi connectivity index (χ2v) is 5.76. The third-order valence-corrected chi connectivity index (χ3v) is 3.40. The SMILES string of the molecule is CCCCCCC(C)NC(=NCCC(=O)NCCC)NCC.I. The predicted molar refractivity (Wildman–Crippen MR) is 111 cm³/mol. The summed E-state index contributed by atoms with van der Waals surface area (Å²) in [6.45, 7) is 10.6. The fourth-order valence-corrected chi connectivity index (χ4v) is 2.12. The molecule has 0 aromatic rings. The van der Waals surface area contributed by atoms with E-state index in [0.29, 0.717) is 19.0 Å². The summed E-state index contributed by atoms with van der Waals surface area (Å²) >= 11 is 0. The Morgan fingerprint density at radius 3 is 2.39 bits per heavy atom. The molecular weight excluding hydrogens is 403 g/mol. The van der Waals surface area contributed by atoms with Crippen LogP contribution >= 0.6 is 24.0 Å². The van der Waals surface area contributed by atoms with E-state index in [-0.39, 0.29) is 29.9 Å². The Kier molecular flexibility index (Phi) is 19.1. The molecule has 1 amide bonds. The van der Waals surface area contributed by atoms with Crippen molar-refractivity contribution < 1.29 is 4.79 Å². The van der Waals surface area contributed by atoms with Crippen molar-refractivity contribution in [2.75, 3.05) is 19.6 Å². The molecule has 0 aliphatic carbocycles. The first-order valence-electron chi connectivity index (χ1n) is 8.95. The van der Waals surface area contributed by atoms with Crippen LogP contribution in [-0.2, 0) is 4.79 Å². The van der Waals surface area contributed by atoms with Crippen LogP contribution in [0.2, 0.25) is 0 Å². The van der Waals surface area contributed by atoms with Gasteiger partial charge in [0, 0.05) is 25.6 Å². The lowest BCUT2D eigenvalue weighted by molar-refractivity contribution is -0.120. The lowest BCUT2D eigenvalue weighted by Gasteiger charge is -2.17. The Morgan fingerprint density at radius 2 is 1.78 bits per heavy atom. The number of nitrogens with one attached hydrogen (secondary N) is 3. The first-order valence-corrected chi connectivity index (χ1v) is 8.95. The van der Waals surface area contributed by atoms with Crippen LogP contribution in [0.3, 0.4) is 0 Å². The van der Waals surface area contributed by atoms with E-state index in [2.05, 4.69) is 41.7 Å². The van der Waals surface area contributed by atoms with E-state index < -0.39 is 0 Å². The predicted octanol–water partition coefficient (Wildman–Crippen LogP) is 3.43. The normalized spacial score (nSPS) is 12.3. The number of aliphatic imine (C=N–C) groups is 1. The van der Waals surface area contributed by atoms with Crippen LogP contribution in [0.25, 0.3) is 0 Å². The van der Waals surface area contributed by atoms with Crippen molar-refractivity contribution in [3.05, 3.63) is 0 Å². The lowest BCUT2D eigenvalue weighted by Crippen LogP contribution is -2.42. The second-order valence-electron chi connectivity index (χ2n) is 5.76. The number of rotatable bonds is 12. The van der Waals surface area contributed by atoms with E-state index in [4.69, 9.17) is 0 Å². The molecule has 6 heteroatoms. The van der Waals surface area contributed by atoms with Crippen molar-refractivity contribution in [3.63, 3.8) is 0 Å². The molecule has 5 nitrogen and oxygen atoms in total. The number of hydrogen-bond acceptors (Lipinski definition) is 2. The van der Waals surface area contributed by atoms with E-state index in [1.165, 1.54) is 25.7 Å². The number of unbranched alkanes of at least 4 members (excludes halogenated alkanes) is 3. The Hall–Kier alpha value is -0.530. The topological polar surface area (TPSA) is 65.5 Å². The van der Waals surface area contributed by atoms with Gasteiger partial charge in [-0.1, -0.05) is 39.5 Å². The van der Waals surface area contributed by atoms with Crippen LogP contribution in [0.1, 0.15) is 72.6 Å². The van der Waals surface area contributed by atoms with Gasteiger partial charge in [0.2, 0.25) is 5.91 Å². The quantitative estimate of drug-likeness (QED) is 0.189. The van der Waals surface area contributed by atoms with E-state index in [1.54, 1.807) is 0 Å². The van der Waals surface area contributed by atoms with Gasteiger partial charge in [-0.25, -0.2) is 0 Å². The van der Waals surface area contributed by atoms with Gasteiger partial charge in [0.15, 0.2) is 5.96 Å². The zero-order valence-corrected chi connectivity index (χ0v) is 17.7. The average Bonchev–Trinajstić information content (AvgIpc) is 2.49. The van der Waals surface area contributed by atoms with Crippen LogP contribution in [0.4, 0.5) is 0 Å². The van der Waals surface area contributed by atoms with Crippen molar-refractivity contribution in [3.8, 4) is 0 Å². The maximum absolute atomic E-state index is 11.5. The van der Waals surface area contributed by atoms with Gasteiger partial charge < -0.3 is 16.0 Å². The van der Waals surface area contributed by atoms with Gasteiger partial charge in [0.05, 0.1) is 6.54 Å². The largest absolute Gasteiger partial charge is 0.357 e. The molecule has 0 bridgehead atoms. The maximum atomic E-state index is 11.5. The third kappa shape index (κ3) is 16.1. The highest BCUT2D eigenvalue weighted by atomic mass is 127. The summed E-state index contributed by atoms with van der Waals surface area (Å²) < 4.78 is 0. The minimum Gasteiger partial charge on any atom is -0.357 e. The number of carbonyl (C=O) groups is 1. The number of carbonyl (C=O) groups excluding carboxylic acids is 1. The van der Waals surface area contributed by atoms with Crippen LogP contribution in [0.5, 0.6) is 0 Å². The van der Waals surface area contributed by atoms with Crippen LogP contribution in [0, 0.1) is 0 Å². The molecule has 23 heavy (non-hydrogen) atoms. The molecule has 0 radical (unpaired) electrons. The maximum Gasteiger partial charge on any atom is 0.221 e. The van der Waals surface area contributed by atoms with Crippen molar-refractivity contribution in [2.45, 2.75) is 78.7 Å². The van der Waals surface area contributed by atoms with Crippen molar-refractivity contribution >= 4 is 35.8 Å². The Morgan fingerprint density at radius 1 is 1.04 bits per heavy atom. The molecule has 0 aliphatic heterocycles. The summed E-state index contributed by atoms with van der Waals surface area (Å²) in [5.41, 5.74) is 0. The number of halogens is 1. The van der Waals surface area contributed by atoms with Gasteiger partial charge in [-0.05, 0) is 26.7 Å². The van der Waals surface area contributed by atoms with Crippen LogP contribution in [-0.4, -0.2) is 37.5 Å². The Bertz CT molecular complexity index is 311. The highest BCUT2D eigenvalue weighted by Gasteiger charge is 2.05. The Balaban J connectivity index is 0. The molecule has 0 saturated heterocycles. The molecule has 0 aromatic carbocycles. The average molecular weight is 440 g/mol. The summed E-state index contributed by atoms with van der Waals surface area (Å²) in [6.07, 6.45) is 7.70. The number of guanidine groups is 1. The monoisotopic (exact) mass is 440 g/mol. The summed E-state index contributed by atoms with van der Waals surface area (Å²) in [5.74, 6) is 0.892. The van der Waals surface area contributed by atoms with Gasteiger partial charge >= 0.3 is 0 Å². The minimum atomic E-state index is 0. The van der Waals surface area contributed by atoms with E-state index in [1.807, 2.05) is 6.92 Å². The molecule has 138 valence electrons. The van der Waals surface area contributed by atoms with Crippen LogP contribution < -0.4 is 16.0 Å². The van der Waals surface area contributed by atoms with E-state index in [0.717, 1.165) is 31.9 Å². The molecule has 0 spiro atoms. The summed E-state index contributed by atoms with van der Waals surface area (Å²) in [5, 5.41) is 9.53. The van der Waals surface area contributed by atoms with Gasteiger partial charge in [-0.15, -0.1) is 24.0 Å². The lowest BCUT2D eigenvalue weighted by atomic mass is 10.1. The number of amides is 1. The number of nitrogens with zero attached hydrogens (tertiary/aromatic N) is 1. The van der Waals surface area contributed by atoms with Crippen molar-refractivity contribution in [2.24, 2.45) is 4.99 Å². The van der Waals surface area contributed by atoms with E-state index in [9.17, 15) is 4.79 Å². The second kappa shape index (κ2) is 17.8. The molecule has 0 rings (SSSR count). The third-order valence-electron chi connectivity index (χ3n) is 3.40. The zero-order chi connectivity index (χ0) is 16.6. The molecule has 3 N–H and O–H groups in total. The summed E-state index contributed by atoms with van der Waals surface area (Å²) in [7, 11) is 0. The molecule has 0 fully saturated rings. The van der Waals surface area contributed by atoms with Gasteiger partial charge in [0.25, 0.3) is 0 Å². The molecule has 0 saturated carbocycles. The molecule has 0 aliphatic rings.